The van der Waals surface area contributed by atoms with Gasteiger partial charge in [-0.15, -0.1) is 0 Å². The Morgan fingerprint density at radius 3 is 2.87 bits per heavy atom. The zero-order chi connectivity index (χ0) is 11.3. The van der Waals surface area contributed by atoms with Gasteiger partial charge in [0.05, 0.1) is 18.6 Å². The monoisotopic (exact) mass is 211 g/mol. The molecule has 0 aliphatic carbocycles. The van der Waals surface area contributed by atoms with Crippen molar-refractivity contribution in [3.8, 4) is 0 Å². The highest BCUT2D eigenvalue weighted by Gasteiger charge is 2.16. The van der Waals surface area contributed by atoms with E-state index in [0.717, 1.165) is 13.1 Å². The minimum absolute atomic E-state index is 0.00239. The lowest BCUT2D eigenvalue weighted by molar-refractivity contribution is 0.127. The van der Waals surface area contributed by atoms with Crippen LogP contribution >= 0.6 is 0 Å². The number of hydrogen-bond acceptors (Lipinski definition) is 3. The lowest BCUT2D eigenvalue weighted by Gasteiger charge is -2.25. The van der Waals surface area contributed by atoms with Crippen molar-refractivity contribution in [2.75, 3.05) is 13.7 Å². The topological polar surface area (TPSA) is 39.1 Å². The minimum Gasteiger partial charge on any atom is -0.383 e. The lowest BCUT2D eigenvalue weighted by atomic mass is 10.1. The summed E-state index contributed by atoms with van der Waals surface area (Å²) in [7, 11) is 1.72. The second kappa shape index (κ2) is 5.28. The number of aromatic nitrogens is 2. The average Bonchev–Trinajstić information content (AvgIpc) is 2.62. The molecule has 0 atom stereocenters. The second-order valence-corrected chi connectivity index (χ2v) is 4.34. The molecule has 15 heavy (non-hydrogen) atoms. The van der Waals surface area contributed by atoms with E-state index in [1.165, 1.54) is 5.69 Å². The number of imidazole rings is 1. The standard InChI is InChI=1S/C11H21N3O/c1-5-14-9-12-6-10(14)7-13-11(2,3)8-15-4/h6,9,13H,5,7-8H2,1-4H3. The van der Waals surface area contributed by atoms with Crippen LogP contribution in [-0.2, 0) is 17.8 Å². The lowest BCUT2D eigenvalue weighted by Crippen LogP contribution is -2.43. The molecule has 0 aromatic carbocycles. The predicted octanol–water partition coefficient (Wildman–Crippen LogP) is 1.42. The first-order valence-electron chi connectivity index (χ1n) is 5.32. The van der Waals surface area contributed by atoms with E-state index in [2.05, 4.69) is 35.6 Å². The molecule has 0 aliphatic heterocycles. The Morgan fingerprint density at radius 2 is 2.27 bits per heavy atom. The molecular formula is C11H21N3O. The molecule has 1 aromatic rings. The van der Waals surface area contributed by atoms with Crippen LogP contribution in [0.3, 0.4) is 0 Å². The van der Waals surface area contributed by atoms with Gasteiger partial charge < -0.3 is 14.6 Å². The first-order chi connectivity index (χ1) is 7.09. The van der Waals surface area contributed by atoms with E-state index in [0.29, 0.717) is 6.61 Å². The van der Waals surface area contributed by atoms with Crippen LogP contribution in [0, 0.1) is 0 Å². The van der Waals surface area contributed by atoms with Gasteiger partial charge >= 0.3 is 0 Å². The summed E-state index contributed by atoms with van der Waals surface area (Å²) in [6.07, 6.45) is 3.76. The molecule has 0 radical (unpaired) electrons. The summed E-state index contributed by atoms with van der Waals surface area (Å²) in [5.41, 5.74) is 1.21. The van der Waals surface area contributed by atoms with E-state index in [-0.39, 0.29) is 5.54 Å². The van der Waals surface area contributed by atoms with Crippen molar-refractivity contribution in [1.29, 1.82) is 0 Å². The molecule has 86 valence electrons. The van der Waals surface area contributed by atoms with Gasteiger partial charge in [0, 0.05) is 31.9 Å². The largest absolute Gasteiger partial charge is 0.383 e. The number of aryl methyl sites for hydroxylation is 1. The maximum absolute atomic E-state index is 5.15. The fraction of sp³-hybridized carbons (Fsp3) is 0.727. The molecule has 0 aliphatic rings. The average molecular weight is 211 g/mol. The van der Waals surface area contributed by atoms with Gasteiger partial charge in [0.1, 0.15) is 0 Å². The van der Waals surface area contributed by atoms with Gasteiger partial charge in [0.25, 0.3) is 0 Å². The minimum atomic E-state index is -0.00239. The van der Waals surface area contributed by atoms with E-state index in [1.807, 2.05) is 12.5 Å². The van der Waals surface area contributed by atoms with E-state index < -0.39 is 0 Å². The Labute approximate surface area is 91.7 Å². The molecule has 1 rings (SSSR count). The highest BCUT2D eigenvalue weighted by Crippen LogP contribution is 2.05. The fourth-order valence-corrected chi connectivity index (χ4v) is 1.52. The third kappa shape index (κ3) is 3.64. The summed E-state index contributed by atoms with van der Waals surface area (Å²) in [5, 5.41) is 3.45. The van der Waals surface area contributed by atoms with Crippen LogP contribution in [0.15, 0.2) is 12.5 Å². The fourth-order valence-electron chi connectivity index (χ4n) is 1.52. The molecule has 0 amide bonds. The summed E-state index contributed by atoms with van der Waals surface area (Å²) < 4.78 is 7.28. The van der Waals surface area contributed by atoms with Gasteiger partial charge in [0.15, 0.2) is 0 Å². The number of nitrogens with one attached hydrogen (secondary N) is 1. The SMILES string of the molecule is CCn1cncc1CNC(C)(C)COC. The summed E-state index contributed by atoms with van der Waals surface area (Å²) in [4.78, 5) is 4.13. The van der Waals surface area contributed by atoms with Crippen molar-refractivity contribution in [2.45, 2.75) is 39.4 Å². The van der Waals surface area contributed by atoms with Crippen molar-refractivity contribution < 1.29 is 4.74 Å². The van der Waals surface area contributed by atoms with Crippen molar-refractivity contribution in [3.05, 3.63) is 18.2 Å². The van der Waals surface area contributed by atoms with Crippen LogP contribution in [0.2, 0.25) is 0 Å². The zero-order valence-corrected chi connectivity index (χ0v) is 10.1. The van der Waals surface area contributed by atoms with Crippen LogP contribution < -0.4 is 5.32 Å². The van der Waals surface area contributed by atoms with Gasteiger partial charge in [-0.3, -0.25) is 0 Å². The van der Waals surface area contributed by atoms with Crippen LogP contribution in [0.5, 0.6) is 0 Å². The van der Waals surface area contributed by atoms with Gasteiger partial charge in [0.2, 0.25) is 0 Å². The van der Waals surface area contributed by atoms with Crippen molar-refractivity contribution >= 4 is 0 Å². The predicted molar refractivity (Wildman–Crippen MR) is 60.7 cm³/mol. The molecule has 1 aromatic heterocycles. The summed E-state index contributed by atoms with van der Waals surface area (Å²) in [5.74, 6) is 0. The Bertz CT molecular complexity index is 294. The molecule has 0 saturated carbocycles. The Balaban J connectivity index is 2.49. The molecule has 0 saturated heterocycles. The normalized spacial score (nSPS) is 12.0. The molecular weight excluding hydrogens is 190 g/mol. The highest BCUT2D eigenvalue weighted by atomic mass is 16.5. The molecule has 0 fully saturated rings. The number of rotatable bonds is 6. The van der Waals surface area contributed by atoms with E-state index in [4.69, 9.17) is 4.74 Å². The Kier molecular flexibility index (Phi) is 4.29. The highest BCUT2D eigenvalue weighted by molar-refractivity contribution is 4.98. The van der Waals surface area contributed by atoms with Gasteiger partial charge in [-0.25, -0.2) is 4.98 Å². The molecule has 0 bridgehead atoms. The quantitative estimate of drug-likeness (QED) is 0.773. The summed E-state index contributed by atoms with van der Waals surface area (Å²) in [6, 6.07) is 0. The first kappa shape index (κ1) is 12.2. The Hall–Kier alpha value is -0.870. The molecule has 4 nitrogen and oxygen atoms in total. The molecule has 4 heteroatoms. The van der Waals surface area contributed by atoms with E-state index >= 15 is 0 Å². The van der Waals surface area contributed by atoms with Crippen molar-refractivity contribution in [1.82, 2.24) is 14.9 Å². The smallest absolute Gasteiger partial charge is 0.0948 e. The third-order valence-electron chi connectivity index (χ3n) is 2.39. The van der Waals surface area contributed by atoms with Crippen molar-refractivity contribution in [3.63, 3.8) is 0 Å². The van der Waals surface area contributed by atoms with E-state index in [1.54, 1.807) is 7.11 Å². The van der Waals surface area contributed by atoms with Crippen LogP contribution in [-0.4, -0.2) is 28.8 Å². The maximum atomic E-state index is 5.15. The van der Waals surface area contributed by atoms with Gasteiger partial charge in [-0.05, 0) is 20.8 Å². The van der Waals surface area contributed by atoms with Crippen LogP contribution in [0.4, 0.5) is 0 Å². The number of hydrogen-bond donors (Lipinski definition) is 1. The number of methoxy groups -OCH3 is 1. The van der Waals surface area contributed by atoms with E-state index in [9.17, 15) is 0 Å². The summed E-state index contributed by atoms with van der Waals surface area (Å²) in [6.45, 7) is 8.86. The number of nitrogens with zero attached hydrogens (tertiary/aromatic N) is 2. The first-order valence-corrected chi connectivity index (χ1v) is 5.32. The van der Waals surface area contributed by atoms with Crippen LogP contribution in [0.1, 0.15) is 26.5 Å². The third-order valence-corrected chi connectivity index (χ3v) is 2.39. The van der Waals surface area contributed by atoms with Crippen LogP contribution in [0.25, 0.3) is 0 Å². The second-order valence-electron chi connectivity index (χ2n) is 4.34. The van der Waals surface area contributed by atoms with Gasteiger partial charge in [-0.2, -0.15) is 0 Å². The maximum Gasteiger partial charge on any atom is 0.0948 e. The number of ether oxygens (including phenoxy) is 1. The molecule has 0 spiro atoms. The zero-order valence-electron chi connectivity index (χ0n) is 10.1. The van der Waals surface area contributed by atoms with Crippen molar-refractivity contribution in [2.24, 2.45) is 0 Å². The summed E-state index contributed by atoms with van der Waals surface area (Å²) >= 11 is 0. The molecule has 1 N–H and O–H groups in total. The Morgan fingerprint density at radius 1 is 1.53 bits per heavy atom. The molecule has 0 unspecified atom stereocenters. The van der Waals surface area contributed by atoms with Gasteiger partial charge in [-0.1, -0.05) is 0 Å². The molecule has 1 heterocycles.